The summed E-state index contributed by atoms with van der Waals surface area (Å²) in [6, 6.07) is 6.92. The molecule has 6 nitrogen and oxygen atoms in total. The summed E-state index contributed by atoms with van der Waals surface area (Å²) in [5.41, 5.74) is -0.421. The number of hydrogen-bond acceptors (Lipinski definition) is 4. The van der Waals surface area contributed by atoms with Gasteiger partial charge in [0.25, 0.3) is 5.91 Å². The summed E-state index contributed by atoms with van der Waals surface area (Å²) in [4.78, 5) is 41.1. The molecule has 1 aromatic rings. The molecule has 1 saturated heterocycles. The van der Waals surface area contributed by atoms with E-state index in [0.29, 0.717) is 17.8 Å². The number of carbonyl (C=O) groups excluding carboxylic acids is 3. The van der Waals surface area contributed by atoms with E-state index < -0.39 is 11.6 Å². The summed E-state index contributed by atoms with van der Waals surface area (Å²) in [7, 11) is 1.29. The van der Waals surface area contributed by atoms with Crippen LogP contribution in [-0.4, -0.2) is 42.0 Å². The van der Waals surface area contributed by atoms with Gasteiger partial charge in [-0.1, -0.05) is 26.0 Å². The van der Waals surface area contributed by atoms with Crippen LogP contribution in [0.2, 0.25) is 0 Å². The third kappa shape index (κ3) is 2.04. The van der Waals surface area contributed by atoms with Crippen molar-refractivity contribution < 1.29 is 19.1 Å². The monoisotopic (exact) mass is 316 g/mol. The first-order valence-corrected chi connectivity index (χ1v) is 7.76. The van der Waals surface area contributed by atoms with Gasteiger partial charge in [-0.3, -0.25) is 14.5 Å². The fourth-order valence-corrected chi connectivity index (χ4v) is 3.53. The molecule has 0 unspecified atom stereocenters. The fourth-order valence-electron chi connectivity index (χ4n) is 3.53. The molecule has 2 aliphatic rings. The van der Waals surface area contributed by atoms with Crippen LogP contribution in [0.5, 0.6) is 0 Å². The molecule has 3 rings (SSSR count). The Labute approximate surface area is 135 Å². The van der Waals surface area contributed by atoms with Crippen LogP contribution in [-0.2, 0) is 14.3 Å². The van der Waals surface area contributed by atoms with E-state index in [2.05, 4.69) is 0 Å². The van der Waals surface area contributed by atoms with Gasteiger partial charge < -0.3 is 9.64 Å². The highest BCUT2D eigenvalue weighted by Gasteiger charge is 2.61. The van der Waals surface area contributed by atoms with Crippen molar-refractivity contribution in [2.75, 3.05) is 18.6 Å². The Bertz CT molecular complexity index is 685. The molecule has 1 atom stereocenters. The lowest BCUT2D eigenvalue weighted by molar-refractivity contribution is -0.154. The van der Waals surface area contributed by atoms with Crippen molar-refractivity contribution in [2.24, 2.45) is 5.92 Å². The van der Waals surface area contributed by atoms with Crippen molar-refractivity contribution >= 4 is 23.5 Å². The molecule has 1 fully saturated rings. The Hall–Kier alpha value is -2.37. The zero-order valence-electron chi connectivity index (χ0n) is 13.5. The van der Waals surface area contributed by atoms with E-state index in [1.807, 2.05) is 13.8 Å². The Morgan fingerprint density at radius 2 is 2.00 bits per heavy atom. The van der Waals surface area contributed by atoms with Gasteiger partial charge in [-0.2, -0.15) is 0 Å². The average molecular weight is 316 g/mol. The molecule has 23 heavy (non-hydrogen) atoms. The molecule has 122 valence electrons. The Morgan fingerprint density at radius 3 is 2.65 bits per heavy atom. The lowest BCUT2D eigenvalue weighted by Gasteiger charge is -2.48. The molecule has 0 aromatic heterocycles. The molecule has 2 heterocycles. The molecule has 0 spiro atoms. The van der Waals surface area contributed by atoms with Gasteiger partial charge in [-0.05, 0) is 18.1 Å². The predicted octanol–water partition coefficient (Wildman–Crippen LogP) is 1.79. The number of fused-ring (bicyclic) bond motifs is 3. The second kappa shape index (κ2) is 5.37. The van der Waals surface area contributed by atoms with Gasteiger partial charge in [0.15, 0.2) is 0 Å². The van der Waals surface area contributed by atoms with Crippen molar-refractivity contribution in [1.29, 1.82) is 0 Å². The van der Waals surface area contributed by atoms with Gasteiger partial charge >= 0.3 is 5.97 Å². The summed E-state index contributed by atoms with van der Waals surface area (Å²) in [6.45, 7) is 4.33. The van der Waals surface area contributed by atoms with Crippen LogP contribution >= 0.6 is 0 Å². The molecule has 0 N–H and O–H groups in total. The summed E-state index contributed by atoms with van der Waals surface area (Å²) in [5.74, 6) is -0.801. The minimum absolute atomic E-state index is 0.156. The van der Waals surface area contributed by atoms with Crippen LogP contribution in [0, 0.1) is 5.92 Å². The number of esters is 1. The minimum atomic E-state index is -1.36. The molecule has 0 aliphatic carbocycles. The third-order valence-corrected chi connectivity index (χ3v) is 4.43. The van der Waals surface area contributed by atoms with E-state index in [1.165, 1.54) is 16.9 Å². The second-order valence-corrected chi connectivity index (χ2v) is 6.36. The number of ether oxygens (including phenoxy) is 1. The second-order valence-electron chi connectivity index (χ2n) is 6.36. The zero-order chi connectivity index (χ0) is 16.8. The summed E-state index contributed by atoms with van der Waals surface area (Å²) in [5, 5.41) is 0. The van der Waals surface area contributed by atoms with E-state index in [4.69, 9.17) is 4.74 Å². The summed E-state index contributed by atoms with van der Waals surface area (Å²) < 4.78 is 4.99. The highest BCUT2D eigenvalue weighted by Crippen LogP contribution is 2.45. The molecule has 0 bridgehead atoms. The smallest absolute Gasteiger partial charge is 0.353 e. The highest BCUT2D eigenvalue weighted by molar-refractivity contribution is 6.15. The van der Waals surface area contributed by atoms with Gasteiger partial charge in [0.1, 0.15) is 0 Å². The maximum Gasteiger partial charge on any atom is 0.353 e. The summed E-state index contributed by atoms with van der Waals surface area (Å²) in [6.07, 6.45) is 0.469. The van der Waals surface area contributed by atoms with Crippen LogP contribution in [0.1, 0.15) is 37.0 Å². The van der Waals surface area contributed by atoms with E-state index in [9.17, 15) is 14.4 Å². The first-order valence-electron chi connectivity index (χ1n) is 7.76. The maximum absolute atomic E-state index is 13.0. The van der Waals surface area contributed by atoms with Crippen molar-refractivity contribution in [3.8, 4) is 0 Å². The first-order chi connectivity index (χ1) is 10.9. The van der Waals surface area contributed by atoms with Gasteiger partial charge in [0, 0.05) is 19.4 Å². The van der Waals surface area contributed by atoms with Crippen molar-refractivity contribution in [3.05, 3.63) is 29.8 Å². The number of carbonyl (C=O) groups is 3. The van der Waals surface area contributed by atoms with Crippen molar-refractivity contribution in [2.45, 2.75) is 32.4 Å². The number of rotatable bonds is 3. The predicted molar refractivity (Wildman–Crippen MR) is 83.8 cm³/mol. The van der Waals surface area contributed by atoms with Gasteiger partial charge in [0.05, 0.1) is 18.4 Å². The molecule has 6 heteroatoms. The van der Waals surface area contributed by atoms with Crippen molar-refractivity contribution in [3.63, 3.8) is 0 Å². The van der Waals surface area contributed by atoms with E-state index in [-0.39, 0.29) is 30.6 Å². The van der Waals surface area contributed by atoms with Gasteiger partial charge in [0.2, 0.25) is 11.6 Å². The lowest BCUT2D eigenvalue weighted by Crippen LogP contribution is -2.68. The number of anilines is 1. The molecule has 0 radical (unpaired) electrons. The molecular formula is C17H20N2O4. The zero-order valence-corrected chi connectivity index (χ0v) is 13.5. The van der Waals surface area contributed by atoms with Crippen LogP contribution < -0.4 is 4.90 Å². The van der Waals surface area contributed by atoms with Crippen molar-refractivity contribution in [1.82, 2.24) is 4.90 Å². The number of benzene rings is 1. The SMILES string of the molecule is COC(=O)[C@@]12CCC(=O)N1c1ccccc1C(=O)N2CC(C)C. The first kappa shape index (κ1) is 15.5. The van der Waals surface area contributed by atoms with Gasteiger partial charge in [-0.15, -0.1) is 0 Å². The van der Waals surface area contributed by atoms with E-state index >= 15 is 0 Å². The standard InChI is InChI=1S/C17H20N2O4/c1-11(2)10-18-15(21)12-6-4-5-7-13(12)19-14(20)8-9-17(18,19)16(22)23-3/h4-7,11H,8-10H2,1-3H3/t17-/m1/s1. The molecule has 2 amide bonds. The van der Waals surface area contributed by atoms with Crippen LogP contribution in [0.15, 0.2) is 24.3 Å². The Balaban J connectivity index is 2.25. The Kier molecular flexibility index (Phi) is 3.62. The highest BCUT2D eigenvalue weighted by atomic mass is 16.5. The Morgan fingerprint density at radius 1 is 1.30 bits per heavy atom. The lowest BCUT2D eigenvalue weighted by atomic mass is 9.95. The van der Waals surface area contributed by atoms with Crippen LogP contribution in [0.3, 0.4) is 0 Å². The molecule has 1 aromatic carbocycles. The third-order valence-electron chi connectivity index (χ3n) is 4.43. The average Bonchev–Trinajstić information content (AvgIpc) is 2.89. The number of hydrogen-bond donors (Lipinski definition) is 0. The largest absolute Gasteiger partial charge is 0.466 e. The van der Waals surface area contributed by atoms with Crippen LogP contribution in [0.4, 0.5) is 5.69 Å². The number of nitrogens with zero attached hydrogens (tertiary/aromatic N) is 2. The summed E-state index contributed by atoms with van der Waals surface area (Å²) >= 11 is 0. The number of amides is 2. The normalized spacial score (nSPS) is 23.1. The number of methoxy groups -OCH3 is 1. The van der Waals surface area contributed by atoms with Gasteiger partial charge in [-0.25, -0.2) is 4.79 Å². The number of para-hydroxylation sites is 1. The topological polar surface area (TPSA) is 66.9 Å². The minimum Gasteiger partial charge on any atom is -0.466 e. The molecular weight excluding hydrogens is 296 g/mol. The molecule has 0 saturated carbocycles. The van der Waals surface area contributed by atoms with E-state index in [1.54, 1.807) is 24.3 Å². The molecule has 2 aliphatic heterocycles. The fraction of sp³-hybridized carbons (Fsp3) is 0.471. The quantitative estimate of drug-likeness (QED) is 0.798. The maximum atomic E-state index is 13.0. The van der Waals surface area contributed by atoms with E-state index in [0.717, 1.165) is 0 Å². The van der Waals surface area contributed by atoms with Crippen LogP contribution in [0.25, 0.3) is 0 Å².